The van der Waals surface area contributed by atoms with Crippen LogP contribution in [0.4, 0.5) is 0 Å². The van der Waals surface area contributed by atoms with Gasteiger partial charge in [0.15, 0.2) is 5.60 Å². The zero-order valence-corrected chi connectivity index (χ0v) is 13.0. The number of hydrogen-bond acceptors (Lipinski definition) is 3. The molecule has 0 spiro atoms. The van der Waals surface area contributed by atoms with Gasteiger partial charge in [0, 0.05) is 18.0 Å². The standard InChI is InChI=1S/C16H25NO3/c1-11-7-5-6-10-17(11)12(18)16-9-8-15(4,13(19)20-16)14(16,2)3/h11H,5-10H2,1-4H3/t11-,15-,16-/m0/s1. The number of likely N-dealkylation sites (tertiary alicyclic amines) is 1. The Morgan fingerprint density at radius 2 is 1.95 bits per heavy atom. The van der Waals surface area contributed by atoms with Gasteiger partial charge in [-0.15, -0.1) is 0 Å². The molecule has 3 rings (SSSR count). The van der Waals surface area contributed by atoms with E-state index in [1.807, 2.05) is 25.7 Å². The Balaban J connectivity index is 1.97. The van der Waals surface area contributed by atoms with Crippen LogP contribution in [-0.4, -0.2) is 35.0 Å². The van der Waals surface area contributed by atoms with Crippen LogP contribution in [-0.2, 0) is 14.3 Å². The second kappa shape index (κ2) is 3.99. The summed E-state index contributed by atoms with van der Waals surface area (Å²) in [5.41, 5.74) is -1.86. The van der Waals surface area contributed by atoms with Gasteiger partial charge in [-0.2, -0.15) is 0 Å². The fourth-order valence-corrected chi connectivity index (χ4v) is 4.35. The Bertz CT molecular complexity index is 472. The maximum atomic E-state index is 13.1. The molecular weight excluding hydrogens is 254 g/mol. The summed E-state index contributed by atoms with van der Waals surface area (Å²) < 4.78 is 5.70. The Kier molecular flexibility index (Phi) is 2.77. The molecule has 0 aromatic carbocycles. The molecule has 2 heterocycles. The zero-order chi connectivity index (χ0) is 14.8. The van der Waals surface area contributed by atoms with Gasteiger partial charge in [0.1, 0.15) is 0 Å². The van der Waals surface area contributed by atoms with Gasteiger partial charge in [-0.05, 0) is 46.0 Å². The molecular formula is C16H25NO3. The Morgan fingerprint density at radius 1 is 1.25 bits per heavy atom. The second-order valence-corrected chi connectivity index (χ2v) is 7.52. The van der Waals surface area contributed by atoms with E-state index in [9.17, 15) is 9.59 Å². The first-order valence-electron chi connectivity index (χ1n) is 7.81. The predicted octanol–water partition coefficient (Wildman–Crippen LogP) is 2.51. The van der Waals surface area contributed by atoms with E-state index in [0.29, 0.717) is 6.42 Å². The van der Waals surface area contributed by atoms with Crippen molar-refractivity contribution in [1.29, 1.82) is 0 Å². The molecule has 3 atom stereocenters. The van der Waals surface area contributed by atoms with Gasteiger partial charge in [0.25, 0.3) is 5.91 Å². The van der Waals surface area contributed by atoms with Gasteiger partial charge < -0.3 is 9.64 Å². The van der Waals surface area contributed by atoms with Crippen LogP contribution in [0, 0.1) is 10.8 Å². The van der Waals surface area contributed by atoms with E-state index in [1.165, 1.54) is 6.42 Å². The van der Waals surface area contributed by atoms with Crippen molar-refractivity contribution in [3.63, 3.8) is 0 Å². The van der Waals surface area contributed by atoms with Crippen molar-refractivity contribution in [3.05, 3.63) is 0 Å². The van der Waals surface area contributed by atoms with E-state index in [1.54, 1.807) is 0 Å². The number of nitrogens with zero attached hydrogens (tertiary/aromatic N) is 1. The van der Waals surface area contributed by atoms with Crippen LogP contribution >= 0.6 is 0 Å². The number of rotatable bonds is 1. The molecule has 0 N–H and O–H groups in total. The van der Waals surface area contributed by atoms with E-state index < -0.39 is 16.4 Å². The third-order valence-corrected chi connectivity index (χ3v) is 6.49. The molecule has 1 saturated carbocycles. The maximum absolute atomic E-state index is 13.1. The maximum Gasteiger partial charge on any atom is 0.313 e. The van der Waals surface area contributed by atoms with Gasteiger partial charge in [0.2, 0.25) is 0 Å². The normalized spacial score (nSPS) is 42.7. The van der Waals surface area contributed by atoms with Gasteiger partial charge in [-0.3, -0.25) is 9.59 Å². The highest BCUT2D eigenvalue weighted by Crippen LogP contribution is 2.66. The fourth-order valence-electron chi connectivity index (χ4n) is 4.35. The van der Waals surface area contributed by atoms with Crippen molar-refractivity contribution < 1.29 is 14.3 Å². The summed E-state index contributed by atoms with van der Waals surface area (Å²) in [5.74, 6) is -0.143. The van der Waals surface area contributed by atoms with Crippen LogP contribution in [0.5, 0.6) is 0 Å². The average Bonchev–Trinajstić information content (AvgIpc) is 2.69. The minimum Gasteiger partial charge on any atom is -0.448 e. The zero-order valence-electron chi connectivity index (χ0n) is 13.0. The quantitative estimate of drug-likeness (QED) is 0.693. The van der Waals surface area contributed by atoms with Crippen LogP contribution in [0.25, 0.3) is 0 Å². The van der Waals surface area contributed by atoms with Gasteiger partial charge in [-0.1, -0.05) is 13.8 Å². The molecule has 3 fully saturated rings. The molecule has 3 aliphatic rings. The van der Waals surface area contributed by atoms with Crippen LogP contribution in [0.3, 0.4) is 0 Å². The molecule has 2 saturated heterocycles. The van der Waals surface area contributed by atoms with Crippen LogP contribution < -0.4 is 0 Å². The molecule has 0 aromatic rings. The average molecular weight is 279 g/mol. The Labute approximate surface area is 120 Å². The van der Waals surface area contributed by atoms with Crippen LogP contribution in [0.15, 0.2) is 0 Å². The van der Waals surface area contributed by atoms with Crippen LogP contribution in [0.2, 0.25) is 0 Å². The number of amides is 1. The van der Waals surface area contributed by atoms with Gasteiger partial charge in [0.05, 0.1) is 5.41 Å². The number of piperidine rings is 1. The van der Waals surface area contributed by atoms with Gasteiger partial charge >= 0.3 is 5.97 Å². The van der Waals surface area contributed by atoms with Gasteiger partial charge in [-0.25, -0.2) is 0 Å². The van der Waals surface area contributed by atoms with Crippen molar-refractivity contribution in [3.8, 4) is 0 Å². The molecule has 1 amide bonds. The molecule has 1 aliphatic carbocycles. The minimum atomic E-state index is -0.926. The number of ether oxygens (including phenoxy) is 1. The molecule has 2 bridgehead atoms. The summed E-state index contributed by atoms with van der Waals surface area (Å²) in [6, 6.07) is 0.257. The first-order chi connectivity index (χ1) is 9.26. The Morgan fingerprint density at radius 3 is 2.45 bits per heavy atom. The first kappa shape index (κ1) is 13.9. The SMILES string of the molecule is C[C@H]1CCCCN1C(=O)[C@]12CC[C@@](C)(C(=O)O1)C2(C)C. The molecule has 0 aromatic heterocycles. The van der Waals surface area contributed by atoms with E-state index in [4.69, 9.17) is 4.74 Å². The highest BCUT2D eigenvalue weighted by molar-refractivity contribution is 5.96. The monoisotopic (exact) mass is 279 g/mol. The highest BCUT2D eigenvalue weighted by atomic mass is 16.6. The molecule has 0 unspecified atom stereocenters. The summed E-state index contributed by atoms with van der Waals surface area (Å²) >= 11 is 0. The van der Waals surface area contributed by atoms with Crippen molar-refractivity contribution >= 4 is 11.9 Å². The number of carbonyl (C=O) groups excluding carboxylic acids is 2. The lowest BCUT2D eigenvalue weighted by Gasteiger charge is -2.42. The van der Waals surface area contributed by atoms with E-state index >= 15 is 0 Å². The Hall–Kier alpha value is -1.06. The summed E-state index contributed by atoms with van der Waals surface area (Å²) in [7, 11) is 0. The number of fused-ring (bicyclic) bond motifs is 2. The third kappa shape index (κ3) is 1.38. The molecule has 4 heteroatoms. The number of carbonyl (C=O) groups is 2. The summed E-state index contributed by atoms with van der Waals surface area (Å²) in [6.45, 7) is 8.91. The molecule has 20 heavy (non-hydrogen) atoms. The van der Waals surface area contributed by atoms with E-state index in [-0.39, 0.29) is 17.9 Å². The lowest BCUT2D eigenvalue weighted by atomic mass is 9.66. The van der Waals surface area contributed by atoms with Crippen molar-refractivity contribution in [2.75, 3.05) is 6.54 Å². The van der Waals surface area contributed by atoms with E-state index in [2.05, 4.69) is 6.92 Å². The highest BCUT2D eigenvalue weighted by Gasteiger charge is 2.76. The lowest BCUT2D eigenvalue weighted by molar-refractivity contribution is -0.176. The smallest absolute Gasteiger partial charge is 0.313 e. The number of hydrogen-bond donors (Lipinski definition) is 0. The topological polar surface area (TPSA) is 46.6 Å². The largest absolute Gasteiger partial charge is 0.448 e. The van der Waals surface area contributed by atoms with Crippen molar-refractivity contribution in [2.24, 2.45) is 10.8 Å². The molecule has 2 aliphatic heterocycles. The van der Waals surface area contributed by atoms with E-state index in [0.717, 1.165) is 25.8 Å². The fraction of sp³-hybridized carbons (Fsp3) is 0.875. The minimum absolute atomic E-state index is 0.0456. The summed E-state index contributed by atoms with van der Waals surface area (Å²) in [5, 5.41) is 0. The van der Waals surface area contributed by atoms with Crippen LogP contribution in [0.1, 0.15) is 59.8 Å². The first-order valence-corrected chi connectivity index (χ1v) is 7.81. The third-order valence-electron chi connectivity index (χ3n) is 6.49. The second-order valence-electron chi connectivity index (χ2n) is 7.52. The van der Waals surface area contributed by atoms with Crippen molar-refractivity contribution in [2.45, 2.75) is 71.4 Å². The summed E-state index contributed by atoms with van der Waals surface area (Å²) in [6.07, 6.45) is 4.71. The predicted molar refractivity (Wildman–Crippen MR) is 75.0 cm³/mol. The lowest BCUT2D eigenvalue weighted by Crippen LogP contribution is -2.57. The molecule has 0 radical (unpaired) electrons. The number of esters is 1. The molecule has 112 valence electrons. The summed E-state index contributed by atoms with van der Waals surface area (Å²) in [4.78, 5) is 27.4. The molecule has 4 nitrogen and oxygen atoms in total. The van der Waals surface area contributed by atoms with Crippen molar-refractivity contribution in [1.82, 2.24) is 4.90 Å².